The molecule has 0 saturated heterocycles. The number of hydrogen-bond donors (Lipinski definition) is 0. The third-order valence-corrected chi connectivity index (χ3v) is 3.62. The third-order valence-electron chi connectivity index (χ3n) is 3.62. The Bertz CT molecular complexity index is 579. The van der Waals surface area contributed by atoms with E-state index in [4.69, 9.17) is 18.3 Å². The minimum atomic E-state index is -0.668. The molecule has 0 spiro atoms. The summed E-state index contributed by atoms with van der Waals surface area (Å²) in [5, 5.41) is 0. The van der Waals surface area contributed by atoms with Gasteiger partial charge in [-0.1, -0.05) is 0 Å². The molecule has 2 aromatic heterocycles. The highest BCUT2D eigenvalue weighted by molar-refractivity contribution is 5.89. The summed E-state index contributed by atoms with van der Waals surface area (Å²) in [6, 6.07) is 3.04. The number of carbonyl (C=O) groups is 2. The first kappa shape index (κ1) is 16.8. The van der Waals surface area contributed by atoms with Crippen LogP contribution in [0, 0.1) is 0 Å². The predicted molar refractivity (Wildman–Crippen MR) is 80.1 cm³/mol. The highest BCUT2D eigenvalue weighted by Crippen LogP contribution is 2.16. The summed E-state index contributed by atoms with van der Waals surface area (Å²) in [5.74, 6) is -0.985. The predicted octanol–water partition coefficient (Wildman–Crippen LogP) is 2.21. The first-order chi connectivity index (χ1) is 10.9. The van der Waals surface area contributed by atoms with Crippen molar-refractivity contribution in [2.45, 2.75) is 12.5 Å². The lowest BCUT2D eigenvalue weighted by Crippen LogP contribution is -2.50. The van der Waals surface area contributed by atoms with Gasteiger partial charge >= 0.3 is 11.9 Å². The standard InChI is InChI=1S/C16H19NO6/c1-16(17(2)3,10-22-14(18)12-4-6-20-8-12)11-23-15(19)13-5-7-21-9-13/h4-9H,10-11H2,1-3H3. The Morgan fingerprint density at radius 2 is 1.43 bits per heavy atom. The van der Waals surface area contributed by atoms with E-state index in [0.717, 1.165) is 0 Å². The van der Waals surface area contributed by atoms with Crippen molar-refractivity contribution in [3.8, 4) is 0 Å². The van der Waals surface area contributed by atoms with Crippen LogP contribution in [0.5, 0.6) is 0 Å². The third kappa shape index (κ3) is 4.23. The molecule has 0 aliphatic heterocycles. The van der Waals surface area contributed by atoms with Crippen LogP contribution in [0.15, 0.2) is 46.0 Å². The fourth-order valence-electron chi connectivity index (χ4n) is 1.67. The summed E-state index contributed by atoms with van der Waals surface area (Å²) < 4.78 is 20.3. The highest BCUT2D eigenvalue weighted by atomic mass is 16.6. The van der Waals surface area contributed by atoms with Crippen molar-refractivity contribution in [2.75, 3.05) is 27.3 Å². The maximum Gasteiger partial charge on any atom is 0.341 e. The van der Waals surface area contributed by atoms with E-state index in [-0.39, 0.29) is 13.2 Å². The van der Waals surface area contributed by atoms with Crippen LogP contribution >= 0.6 is 0 Å². The number of rotatable bonds is 7. The van der Waals surface area contributed by atoms with Gasteiger partial charge in [-0.05, 0) is 33.2 Å². The van der Waals surface area contributed by atoms with E-state index < -0.39 is 17.5 Å². The lowest BCUT2D eigenvalue weighted by atomic mass is 10.0. The largest absolute Gasteiger partial charge is 0.472 e. The van der Waals surface area contributed by atoms with Gasteiger partial charge in [0, 0.05) is 0 Å². The van der Waals surface area contributed by atoms with Gasteiger partial charge in [-0.3, -0.25) is 4.90 Å². The zero-order valence-corrected chi connectivity index (χ0v) is 13.3. The van der Waals surface area contributed by atoms with Gasteiger partial charge in [-0.2, -0.15) is 0 Å². The number of hydrogen-bond acceptors (Lipinski definition) is 7. The van der Waals surface area contributed by atoms with Gasteiger partial charge in [0.15, 0.2) is 0 Å². The second-order valence-corrected chi connectivity index (χ2v) is 5.57. The molecule has 0 saturated carbocycles. The molecule has 2 rings (SSSR count). The normalized spacial score (nSPS) is 11.5. The molecule has 0 amide bonds. The van der Waals surface area contributed by atoms with Crippen LogP contribution in [0.25, 0.3) is 0 Å². The molecule has 7 nitrogen and oxygen atoms in total. The van der Waals surface area contributed by atoms with Gasteiger partial charge in [0.25, 0.3) is 0 Å². The molecule has 124 valence electrons. The molecule has 0 N–H and O–H groups in total. The fourth-order valence-corrected chi connectivity index (χ4v) is 1.67. The number of nitrogens with zero attached hydrogens (tertiary/aromatic N) is 1. The van der Waals surface area contributed by atoms with Crippen molar-refractivity contribution >= 4 is 11.9 Å². The van der Waals surface area contributed by atoms with Crippen LogP contribution in [-0.4, -0.2) is 49.7 Å². The molecule has 0 bridgehead atoms. The van der Waals surface area contributed by atoms with E-state index in [9.17, 15) is 9.59 Å². The Balaban J connectivity index is 1.93. The Kier molecular flexibility index (Phi) is 5.23. The minimum absolute atomic E-state index is 0.0582. The molecule has 0 unspecified atom stereocenters. The first-order valence-electron chi connectivity index (χ1n) is 6.98. The monoisotopic (exact) mass is 321 g/mol. The van der Waals surface area contributed by atoms with Gasteiger partial charge < -0.3 is 18.3 Å². The van der Waals surface area contributed by atoms with Crippen LogP contribution in [0.3, 0.4) is 0 Å². The Morgan fingerprint density at radius 1 is 1.00 bits per heavy atom. The quantitative estimate of drug-likeness (QED) is 0.723. The number of carbonyl (C=O) groups excluding carboxylic acids is 2. The maximum absolute atomic E-state index is 11.9. The minimum Gasteiger partial charge on any atom is -0.472 e. The molecular weight excluding hydrogens is 302 g/mol. The lowest BCUT2D eigenvalue weighted by Gasteiger charge is -2.35. The van der Waals surface area contributed by atoms with Crippen molar-refractivity contribution in [3.63, 3.8) is 0 Å². The molecule has 2 aromatic rings. The van der Waals surface area contributed by atoms with Gasteiger partial charge in [-0.25, -0.2) is 9.59 Å². The van der Waals surface area contributed by atoms with Crippen LogP contribution < -0.4 is 0 Å². The lowest BCUT2D eigenvalue weighted by molar-refractivity contribution is -0.0135. The van der Waals surface area contributed by atoms with E-state index in [0.29, 0.717) is 11.1 Å². The Morgan fingerprint density at radius 3 is 1.74 bits per heavy atom. The molecule has 0 fully saturated rings. The average Bonchev–Trinajstić information content (AvgIpc) is 3.22. The van der Waals surface area contributed by atoms with Crippen molar-refractivity contribution in [2.24, 2.45) is 0 Å². The summed E-state index contributed by atoms with van der Waals surface area (Å²) in [5.41, 5.74) is 0.00158. The summed E-state index contributed by atoms with van der Waals surface area (Å²) in [6.07, 6.45) is 5.42. The fraction of sp³-hybridized carbons (Fsp3) is 0.375. The van der Waals surface area contributed by atoms with E-state index in [1.54, 1.807) is 0 Å². The van der Waals surface area contributed by atoms with E-state index >= 15 is 0 Å². The van der Waals surface area contributed by atoms with Gasteiger partial charge in [0.1, 0.15) is 25.7 Å². The molecule has 0 atom stereocenters. The maximum atomic E-state index is 11.9. The van der Waals surface area contributed by atoms with Gasteiger partial charge in [-0.15, -0.1) is 0 Å². The van der Waals surface area contributed by atoms with Crippen LogP contribution in [0.4, 0.5) is 0 Å². The highest BCUT2D eigenvalue weighted by Gasteiger charge is 2.31. The van der Waals surface area contributed by atoms with Crippen LogP contribution in [0.1, 0.15) is 27.6 Å². The van der Waals surface area contributed by atoms with Crippen molar-refractivity contribution in [1.82, 2.24) is 4.90 Å². The van der Waals surface area contributed by atoms with Gasteiger partial charge in [0.2, 0.25) is 0 Å². The molecule has 23 heavy (non-hydrogen) atoms. The molecule has 0 aliphatic carbocycles. The van der Waals surface area contributed by atoms with Crippen LogP contribution in [0.2, 0.25) is 0 Å². The molecule has 0 aromatic carbocycles. The topological polar surface area (TPSA) is 82.1 Å². The molecule has 2 heterocycles. The molecular formula is C16H19NO6. The second-order valence-electron chi connectivity index (χ2n) is 5.57. The Hall–Kier alpha value is -2.54. The molecule has 7 heteroatoms. The summed E-state index contributed by atoms with van der Waals surface area (Å²) >= 11 is 0. The number of esters is 2. The summed E-state index contributed by atoms with van der Waals surface area (Å²) in [7, 11) is 3.63. The molecule has 0 radical (unpaired) electrons. The van der Waals surface area contributed by atoms with Gasteiger partial charge in [0.05, 0.1) is 29.2 Å². The molecule has 0 aliphatic rings. The Labute approximate surface area is 133 Å². The summed E-state index contributed by atoms with van der Waals surface area (Å²) in [6.45, 7) is 1.95. The summed E-state index contributed by atoms with van der Waals surface area (Å²) in [4.78, 5) is 25.6. The van der Waals surface area contributed by atoms with Crippen LogP contribution in [-0.2, 0) is 9.47 Å². The van der Waals surface area contributed by atoms with E-state index in [1.807, 2.05) is 25.9 Å². The zero-order chi connectivity index (χ0) is 16.9. The first-order valence-corrected chi connectivity index (χ1v) is 6.98. The number of ether oxygens (including phenoxy) is 2. The van der Waals surface area contributed by atoms with Crippen molar-refractivity contribution in [1.29, 1.82) is 0 Å². The zero-order valence-electron chi connectivity index (χ0n) is 13.3. The average molecular weight is 321 g/mol. The number of furan rings is 2. The van der Waals surface area contributed by atoms with E-state index in [1.165, 1.54) is 37.2 Å². The second kappa shape index (κ2) is 7.15. The van der Waals surface area contributed by atoms with Crippen molar-refractivity contribution in [3.05, 3.63) is 48.3 Å². The smallest absolute Gasteiger partial charge is 0.341 e. The van der Waals surface area contributed by atoms with Crippen molar-refractivity contribution < 1.29 is 27.9 Å². The number of likely N-dealkylation sites (N-methyl/N-ethyl adjacent to an activating group) is 1. The van der Waals surface area contributed by atoms with E-state index in [2.05, 4.69) is 0 Å². The SMILES string of the molecule is CN(C)C(C)(COC(=O)c1ccoc1)COC(=O)c1ccoc1.